The number of ether oxygens (including phenoxy) is 1. The highest BCUT2D eigenvalue weighted by atomic mass is 19.1. The van der Waals surface area contributed by atoms with Crippen molar-refractivity contribution in [1.82, 2.24) is 10.3 Å². The predicted octanol–water partition coefficient (Wildman–Crippen LogP) is 1.59. The van der Waals surface area contributed by atoms with Crippen LogP contribution >= 0.6 is 0 Å². The third-order valence-corrected chi connectivity index (χ3v) is 2.42. The van der Waals surface area contributed by atoms with Gasteiger partial charge < -0.3 is 10.1 Å². The van der Waals surface area contributed by atoms with E-state index in [1.165, 1.54) is 25.3 Å². The van der Waals surface area contributed by atoms with Crippen LogP contribution in [0.2, 0.25) is 0 Å². The van der Waals surface area contributed by atoms with Crippen LogP contribution < -0.4 is 5.32 Å². The molecule has 19 heavy (non-hydrogen) atoms. The summed E-state index contributed by atoms with van der Waals surface area (Å²) < 4.78 is 18.0. The number of methoxy groups -OCH3 is 1. The van der Waals surface area contributed by atoms with Gasteiger partial charge in [-0.15, -0.1) is 0 Å². The fourth-order valence-electron chi connectivity index (χ4n) is 1.37. The number of pyridine rings is 1. The minimum absolute atomic E-state index is 0.0596. The van der Waals surface area contributed by atoms with Crippen LogP contribution in [0.1, 0.15) is 30.0 Å². The maximum atomic E-state index is 13.5. The molecule has 1 N–H and O–H groups in total. The highest BCUT2D eigenvalue weighted by Gasteiger charge is 2.18. The van der Waals surface area contributed by atoms with E-state index in [0.717, 1.165) is 0 Å². The van der Waals surface area contributed by atoms with Crippen LogP contribution in [0.4, 0.5) is 4.39 Å². The summed E-state index contributed by atoms with van der Waals surface area (Å²) in [7, 11) is 1.19. The third-order valence-electron chi connectivity index (χ3n) is 2.42. The van der Waals surface area contributed by atoms with Crippen molar-refractivity contribution in [1.29, 1.82) is 0 Å². The van der Waals surface area contributed by atoms with Gasteiger partial charge in [0.2, 0.25) is 0 Å². The number of rotatable bonds is 4. The van der Waals surface area contributed by atoms with Crippen molar-refractivity contribution >= 4 is 11.9 Å². The quantitative estimate of drug-likeness (QED) is 0.663. The fourth-order valence-corrected chi connectivity index (χ4v) is 1.37. The molecule has 0 aliphatic rings. The molecule has 0 spiro atoms. The monoisotopic (exact) mass is 266 g/mol. The van der Waals surface area contributed by atoms with Crippen LogP contribution in [0.15, 0.2) is 23.9 Å². The Morgan fingerprint density at radius 3 is 2.68 bits per heavy atom. The van der Waals surface area contributed by atoms with Crippen LogP contribution in [-0.2, 0) is 16.0 Å². The van der Waals surface area contributed by atoms with Gasteiger partial charge in [0.05, 0.1) is 7.11 Å². The Bertz CT molecular complexity index is 527. The van der Waals surface area contributed by atoms with Crippen LogP contribution in [-0.4, -0.2) is 24.0 Å². The van der Waals surface area contributed by atoms with E-state index in [0.29, 0.717) is 12.1 Å². The smallest absolute Gasteiger partial charge is 0.354 e. The summed E-state index contributed by atoms with van der Waals surface area (Å²) in [6.45, 7) is 3.40. The molecule has 1 amide bonds. The van der Waals surface area contributed by atoms with Gasteiger partial charge in [-0.2, -0.15) is 0 Å². The molecule has 0 unspecified atom stereocenters. The zero-order valence-electron chi connectivity index (χ0n) is 11.0. The van der Waals surface area contributed by atoms with E-state index < -0.39 is 17.7 Å². The van der Waals surface area contributed by atoms with Crippen molar-refractivity contribution in [3.63, 3.8) is 0 Å². The second-order valence-corrected chi connectivity index (χ2v) is 3.63. The number of hydrogen-bond acceptors (Lipinski definition) is 4. The molecule has 6 heteroatoms. The molecule has 0 atom stereocenters. The molecule has 0 aliphatic carbocycles. The molecule has 0 saturated heterocycles. The van der Waals surface area contributed by atoms with E-state index in [1.54, 1.807) is 6.92 Å². The van der Waals surface area contributed by atoms with Gasteiger partial charge in [-0.25, -0.2) is 14.2 Å². The topological polar surface area (TPSA) is 68.3 Å². The highest BCUT2D eigenvalue weighted by Crippen LogP contribution is 2.07. The van der Waals surface area contributed by atoms with Crippen LogP contribution in [0.25, 0.3) is 0 Å². The Kier molecular flexibility index (Phi) is 5.17. The van der Waals surface area contributed by atoms with Gasteiger partial charge >= 0.3 is 5.97 Å². The molecule has 1 aromatic heterocycles. The first-order valence-corrected chi connectivity index (χ1v) is 5.74. The summed E-state index contributed by atoms with van der Waals surface area (Å²) >= 11 is 0. The van der Waals surface area contributed by atoms with Gasteiger partial charge in [-0.1, -0.05) is 13.0 Å². The minimum Gasteiger partial charge on any atom is -0.464 e. The van der Waals surface area contributed by atoms with Gasteiger partial charge in [0.1, 0.15) is 5.70 Å². The molecule has 5 nitrogen and oxygen atoms in total. The SMILES string of the molecule is C/C=C(/NC(=O)c1nc(CC)ccc1F)C(=O)OC. The molecular formula is C13H15FN2O3. The van der Waals surface area contributed by atoms with E-state index >= 15 is 0 Å². The van der Waals surface area contributed by atoms with Crippen LogP contribution in [0, 0.1) is 5.82 Å². The van der Waals surface area contributed by atoms with Crippen molar-refractivity contribution < 1.29 is 18.7 Å². The standard InChI is InChI=1S/C13H15FN2O3/c1-4-8-6-7-9(14)11(15-8)12(17)16-10(5-2)13(18)19-3/h5-7H,4H2,1-3H3,(H,16,17)/b10-5+. The van der Waals surface area contributed by atoms with E-state index in [2.05, 4.69) is 15.0 Å². The van der Waals surface area contributed by atoms with Gasteiger partial charge in [-0.3, -0.25) is 4.79 Å². The summed E-state index contributed by atoms with van der Waals surface area (Å²) in [5, 5.41) is 2.27. The molecule has 0 fully saturated rings. The van der Waals surface area contributed by atoms with E-state index in [4.69, 9.17) is 0 Å². The minimum atomic E-state index is -0.786. The maximum Gasteiger partial charge on any atom is 0.354 e. The maximum absolute atomic E-state index is 13.5. The number of halogens is 1. The average Bonchev–Trinajstić information content (AvgIpc) is 2.44. The highest BCUT2D eigenvalue weighted by molar-refractivity contribution is 6.00. The number of nitrogens with zero attached hydrogens (tertiary/aromatic N) is 1. The molecule has 0 aromatic carbocycles. The zero-order valence-corrected chi connectivity index (χ0v) is 11.0. The molecule has 1 heterocycles. The van der Waals surface area contributed by atoms with Gasteiger partial charge in [0.15, 0.2) is 11.5 Å². The number of hydrogen-bond donors (Lipinski definition) is 1. The number of carbonyl (C=O) groups is 2. The molecule has 1 aromatic rings. The lowest BCUT2D eigenvalue weighted by Crippen LogP contribution is -2.29. The lowest BCUT2D eigenvalue weighted by Gasteiger charge is -2.08. The summed E-state index contributed by atoms with van der Waals surface area (Å²) in [6, 6.07) is 2.68. The lowest BCUT2D eigenvalue weighted by atomic mass is 10.2. The number of aromatic nitrogens is 1. The lowest BCUT2D eigenvalue weighted by molar-refractivity contribution is -0.136. The zero-order chi connectivity index (χ0) is 14.4. The largest absolute Gasteiger partial charge is 0.464 e. The van der Waals surface area contributed by atoms with Gasteiger partial charge in [0, 0.05) is 5.69 Å². The summed E-state index contributed by atoms with van der Waals surface area (Å²) in [5.74, 6) is -2.23. The number of esters is 1. The third kappa shape index (κ3) is 3.61. The van der Waals surface area contributed by atoms with Gasteiger partial charge in [0.25, 0.3) is 5.91 Å². The van der Waals surface area contributed by atoms with Crippen molar-refractivity contribution in [2.24, 2.45) is 0 Å². The fraction of sp³-hybridized carbons (Fsp3) is 0.308. The normalized spacial score (nSPS) is 11.1. The summed E-state index contributed by atoms with van der Waals surface area (Å²) in [5.41, 5.74) is 0.185. The molecule has 102 valence electrons. The van der Waals surface area contributed by atoms with Crippen molar-refractivity contribution in [2.75, 3.05) is 7.11 Å². The van der Waals surface area contributed by atoms with E-state index in [-0.39, 0.29) is 11.4 Å². The predicted molar refractivity (Wildman–Crippen MR) is 66.8 cm³/mol. The molecule has 0 radical (unpaired) electrons. The first-order valence-electron chi connectivity index (χ1n) is 5.74. The second kappa shape index (κ2) is 6.63. The molecular weight excluding hydrogens is 251 g/mol. The number of carbonyl (C=O) groups excluding carboxylic acids is 2. The Hall–Kier alpha value is -2.24. The summed E-state index contributed by atoms with van der Waals surface area (Å²) in [4.78, 5) is 27.1. The number of aryl methyl sites for hydroxylation is 1. The van der Waals surface area contributed by atoms with Crippen molar-refractivity contribution in [3.8, 4) is 0 Å². The molecule has 1 rings (SSSR count). The van der Waals surface area contributed by atoms with E-state index in [9.17, 15) is 14.0 Å². The first kappa shape index (κ1) is 14.8. The van der Waals surface area contributed by atoms with Crippen LogP contribution in [0.3, 0.4) is 0 Å². The Labute approximate surface area is 110 Å². The molecule has 0 aliphatic heterocycles. The summed E-state index contributed by atoms with van der Waals surface area (Å²) in [6.07, 6.45) is 1.94. The Morgan fingerprint density at radius 2 is 2.16 bits per heavy atom. The van der Waals surface area contributed by atoms with Crippen molar-refractivity contribution in [3.05, 3.63) is 41.1 Å². The average molecular weight is 266 g/mol. The number of amides is 1. The number of allylic oxidation sites excluding steroid dienone is 1. The Morgan fingerprint density at radius 1 is 1.47 bits per heavy atom. The van der Waals surface area contributed by atoms with E-state index in [1.807, 2.05) is 6.92 Å². The van der Waals surface area contributed by atoms with Crippen molar-refractivity contribution in [2.45, 2.75) is 20.3 Å². The van der Waals surface area contributed by atoms with Gasteiger partial charge in [-0.05, 0) is 25.5 Å². The Balaban J connectivity index is 2.98. The number of nitrogens with one attached hydrogen (secondary N) is 1. The second-order valence-electron chi connectivity index (χ2n) is 3.63. The molecule has 0 saturated carbocycles. The first-order chi connectivity index (χ1) is 9.03. The van der Waals surface area contributed by atoms with Crippen LogP contribution in [0.5, 0.6) is 0 Å². The molecule has 0 bridgehead atoms.